The summed E-state index contributed by atoms with van der Waals surface area (Å²) in [6.07, 6.45) is 3.52. The van der Waals surface area contributed by atoms with Crippen molar-refractivity contribution >= 4 is 0 Å². The third kappa shape index (κ3) is 4.51. The topological polar surface area (TPSA) is 26.0 Å². The average Bonchev–Trinajstić information content (AvgIpc) is 2.30. The Labute approximate surface area is 106 Å². The lowest BCUT2D eigenvalue weighted by Gasteiger charge is -2.17. The summed E-state index contributed by atoms with van der Waals surface area (Å²) in [7, 11) is 0. The van der Waals surface area contributed by atoms with Gasteiger partial charge in [-0.05, 0) is 49.1 Å². The first-order valence-electron chi connectivity index (χ1n) is 6.90. The summed E-state index contributed by atoms with van der Waals surface area (Å²) in [6, 6.07) is 9.46. The largest absolute Gasteiger partial charge is 0.328 e. The van der Waals surface area contributed by atoms with Crippen LogP contribution in [0.5, 0.6) is 0 Å². The summed E-state index contributed by atoms with van der Waals surface area (Å²) < 4.78 is 0. The minimum absolute atomic E-state index is 0.319. The molecule has 0 saturated carbocycles. The van der Waals surface area contributed by atoms with Crippen LogP contribution in [0.1, 0.15) is 69.9 Å². The van der Waals surface area contributed by atoms with Crippen molar-refractivity contribution in [1.82, 2.24) is 0 Å². The smallest absolute Gasteiger partial charge is 0.00106 e. The summed E-state index contributed by atoms with van der Waals surface area (Å²) in [6.45, 7) is 8.83. The normalized spacial score (nSPS) is 14.9. The minimum atomic E-state index is 0.319. The molecule has 0 radical (unpaired) electrons. The minimum Gasteiger partial charge on any atom is -0.328 e. The molecular weight excluding hydrogens is 206 g/mol. The molecule has 1 heteroatoms. The van der Waals surface area contributed by atoms with Gasteiger partial charge < -0.3 is 5.73 Å². The van der Waals surface area contributed by atoms with E-state index < -0.39 is 0 Å². The Balaban J connectivity index is 2.68. The van der Waals surface area contributed by atoms with E-state index in [1.807, 2.05) is 0 Å². The predicted octanol–water partition coefficient (Wildman–Crippen LogP) is 4.43. The Kier molecular flexibility index (Phi) is 5.70. The molecule has 0 aromatic heterocycles. The Morgan fingerprint density at radius 3 is 1.88 bits per heavy atom. The molecule has 2 N–H and O–H groups in total. The van der Waals surface area contributed by atoms with Crippen molar-refractivity contribution in [3.05, 3.63) is 35.4 Å². The molecule has 2 atom stereocenters. The van der Waals surface area contributed by atoms with Gasteiger partial charge in [-0.25, -0.2) is 0 Å². The molecule has 0 amide bonds. The highest BCUT2D eigenvalue weighted by Crippen LogP contribution is 2.26. The fraction of sp³-hybridized carbons (Fsp3) is 0.625. The summed E-state index contributed by atoms with van der Waals surface area (Å²) in [5.74, 6) is 1.29. The van der Waals surface area contributed by atoms with Gasteiger partial charge >= 0.3 is 0 Å². The fourth-order valence-corrected chi connectivity index (χ4v) is 2.22. The lowest BCUT2D eigenvalue weighted by Crippen LogP contribution is -2.15. The summed E-state index contributed by atoms with van der Waals surface area (Å²) >= 11 is 0. The van der Waals surface area contributed by atoms with E-state index in [-0.39, 0.29) is 0 Å². The van der Waals surface area contributed by atoms with Gasteiger partial charge in [0, 0.05) is 6.04 Å². The standard InChI is InChI=1S/C16H27N/c1-5-14(7-6-13(4)17)16-10-8-15(9-11-16)12(2)3/h8-14H,5-7,17H2,1-4H3. The first kappa shape index (κ1) is 14.2. The van der Waals surface area contributed by atoms with E-state index in [1.54, 1.807) is 0 Å². The number of benzene rings is 1. The molecule has 17 heavy (non-hydrogen) atoms. The molecule has 96 valence electrons. The maximum Gasteiger partial charge on any atom is 0.00106 e. The van der Waals surface area contributed by atoms with Crippen LogP contribution in [-0.4, -0.2) is 6.04 Å². The second-order valence-corrected chi connectivity index (χ2v) is 5.48. The van der Waals surface area contributed by atoms with Crippen molar-refractivity contribution < 1.29 is 0 Å². The van der Waals surface area contributed by atoms with Gasteiger partial charge in [-0.1, -0.05) is 45.0 Å². The molecule has 0 spiro atoms. The Morgan fingerprint density at radius 1 is 0.941 bits per heavy atom. The van der Waals surface area contributed by atoms with Crippen molar-refractivity contribution in [2.24, 2.45) is 5.73 Å². The van der Waals surface area contributed by atoms with Crippen molar-refractivity contribution in [2.75, 3.05) is 0 Å². The lowest BCUT2D eigenvalue weighted by molar-refractivity contribution is 0.532. The van der Waals surface area contributed by atoms with Crippen LogP contribution in [0.4, 0.5) is 0 Å². The molecular formula is C16H27N. The second kappa shape index (κ2) is 6.80. The first-order chi connectivity index (χ1) is 8.04. The average molecular weight is 233 g/mol. The van der Waals surface area contributed by atoms with Crippen LogP contribution in [0.15, 0.2) is 24.3 Å². The Hall–Kier alpha value is -0.820. The van der Waals surface area contributed by atoms with Gasteiger partial charge in [-0.3, -0.25) is 0 Å². The Bertz CT molecular complexity index is 311. The predicted molar refractivity (Wildman–Crippen MR) is 76.4 cm³/mol. The SMILES string of the molecule is CCC(CCC(C)N)c1ccc(C(C)C)cc1. The van der Waals surface area contributed by atoms with Crippen molar-refractivity contribution in [2.45, 2.75) is 64.8 Å². The molecule has 1 rings (SSSR count). The first-order valence-corrected chi connectivity index (χ1v) is 6.90. The van der Waals surface area contributed by atoms with Crippen LogP contribution >= 0.6 is 0 Å². The molecule has 0 aliphatic carbocycles. The van der Waals surface area contributed by atoms with Crippen molar-refractivity contribution in [3.63, 3.8) is 0 Å². The van der Waals surface area contributed by atoms with Crippen LogP contribution < -0.4 is 5.73 Å². The number of hydrogen-bond acceptors (Lipinski definition) is 1. The highest BCUT2D eigenvalue weighted by atomic mass is 14.6. The number of hydrogen-bond donors (Lipinski definition) is 1. The third-order valence-corrected chi connectivity index (χ3v) is 3.54. The van der Waals surface area contributed by atoms with Gasteiger partial charge in [0.15, 0.2) is 0 Å². The summed E-state index contributed by atoms with van der Waals surface area (Å²) in [5.41, 5.74) is 8.73. The van der Waals surface area contributed by atoms with Gasteiger partial charge in [-0.15, -0.1) is 0 Å². The zero-order valence-corrected chi connectivity index (χ0v) is 11.7. The van der Waals surface area contributed by atoms with E-state index >= 15 is 0 Å². The van der Waals surface area contributed by atoms with Gasteiger partial charge in [0.05, 0.1) is 0 Å². The van der Waals surface area contributed by atoms with E-state index in [9.17, 15) is 0 Å². The van der Waals surface area contributed by atoms with Crippen LogP contribution in [0.25, 0.3) is 0 Å². The lowest BCUT2D eigenvalue weighted by atomic mass is 9.89. The molecule has 0 fully saturated rings. The third-order valence-electron chi connectivity index (χ3n) is 3.54. The molecule has 1 nitrogen and oxygen atoms in total. The van der Waals surface area contributed by atoms with Gasteiger partial charge in [0.2, 0.25) is 0 Å². The number of nitrogens with two attached hydrogens (primary N) is 1. The number of rotatable bonds is 6. The quantitative estimate of drug-likeness (QED) is 0.772. The van der Waals surface area contributed by atoms with Crippen molar-refractivity contribution in [3.8, 4) is 0 Å². The summed E-state index contributed by atoms with van der Waals surface area (Å²) in [5, 5.41) is 0. The highest BCUT2D eigenvalue weighted by molar-refractivity contribution is 5.27. The van der Waals surface area contributed by atoms with E-state index in [1.165, 1.54) is 24.0 Å². The monoisotopic (exact) mass is 233 g/mol. The highest BCUT2D eigenvalue weighted by Gasteiger charge is 2.10. The molecule has 0 saturated heterocycles. The molecule has 1 aromatic carbocycles. The van der Waals surface area contributed by atoms with Crippen LogP contribution in [0, 0.1) is 0 Å². The van der Waals surface area contributed by atoms with Crippen LogP contribution in [-0.2, 0) is 0 Å². The second-order valence-electron chi connectivity index (χ2n) is 5.48. The van der Waals surface area contributed by atoms with E-state index in [4.69, 9.17) is 5.73 Å². The van der Waals surface area contributed by atoms with E-state index in [0.717, 1.165) is 6.42 Å². The molecule has 0 aliphatic rings. The zero-order valence-electron chi connectivity index (χ0n) is 11.7. The van der Waals surface area contributed by atoms with Crippen LogP contribution in [0.2, 0.25) is 0 Å². The molecule has 0 bridgehead atoms. The molecule has 1 aromatic rings. The fourth-order valence-electron chi connectivity index (χ4n) is 2.22. The molecule has 0 heterocycles. The maximum atomic E-state index is 5.84. The molecule has 0 aliphatic heterocycles. The summed E-state index contributed by atoms with van der Waals surface area (Å²) in [4.78, 5) is 0. The van der Waals surface area contributed by atoms with E-state index in [2.05, 4.69) is 52.0 Å². The zero-order chi connectivity index (χ0) is 12.8. The van der Waals surface area contributed by atoms with Gasteiger partial charge in [-0.2, -0.15) is 0 Å². The molecule has 2 unspecified atom stereocenters. The Morgan fingerprint density at radius 2 is 1.47 bits per heavy atom. The van der Waals surface area contributed by atoms with Gasteiger partial charge in [0.25, 0.3) is 0 Å². The van der Waals surface area contributed by atoms with E-state index in [0.29, 0.717) is 17.9 Å². The van der Waals surface area contributed by atoms with Crippen LogP contribution in [0.3, 0.4) is 0 Å². The van der Waals surface area contributed by atoms with Gasteiger partial charge in [0.1, 0.15) is 0 Å². The maximum absolute atomic E-state index is 5.84. The van der Waals surface area contributed by atoms with Crippen molar-refractivity contribution in [1.29, 1.82) is 0 Å².